The first-order valence-electron chi connectivity index (χ1n) is 3.57. The number of hydrogen-bond acceptors (Lipinski definition) is 5. The molecule has 0 saturated heterocycles. The number of aliphatic hydroxyl groups excluding tert-OH is 1. The first-order chi connectivity index (χ1) is 6.00. The Labute approximate surface area is 73.9 Å². The lowest BCUT2D eigenvalue weighted by Gasteiger charge is -2.17. The summed E-state index contributed by atoms with van der Waals surface area (Å²) in [4.78, 5) is 10.7. The largest absolute Gasteiger partial charge is 0.480 e. The number of hydrogen-bond donors (Lipinski definition) is 3. The Morgan fingerprint density at radius 3 is 2.92 bits per heavy atom. The second kappa shape index (κ2) is 3.15. The topological polar surface area (TPSA) is 110 Å². The average Bonchev–Trinajstić information content (AvgIpc) is 2.51. The molecule has 0 aliphatic rings. The van der Waals surface area contributed by atoms with E-state index >= 15 is 0 Å². The van der Waals surface area contributed by atoms with Gasteiger partial charge in [-0.2, -0.15) is 0 Å². The zero-order chi connectivity index (χ0) is 10.1. The number of carboxylic acids is 1. The molecule has 1 heterocycles. The fraction of sp³-hybridized carbons (Fsp3) is 0.429. The lowest BCUT2D eigenvalue weighted by Crippen LogP contribution is -2.42. The first-order valence-corrected chi connectivity index (χ1v) is 3.57. The Hall–Kier alpha value is -1.40. The number of nitrogens with two attached hydrogens (primary N) is 1. The highest BCUT2D eigenvalue weighted by Gasteiger charge is 2.34. The fourth-order valence-electron chi connectivity index (χ4n) is 0.911. The zero-order valence-corrected chi connectivity index (χ0v) is 7.02. The van der Waals surface area contributed by atoms with Gasteiger partial charge in [0.15, 0.2) is 0 Å². The van der Waals surface area contributed by atoms with Crippen LogP contribution in [0.2, 0.25) is 0 Å². The van der Waals surface area contributed by atoms with E-state index in [2.05, 4.69) is 9.68 Å². The zero-order valence-electron chi connectivity index (χ0n) is 7.02. The number of aliphatic carboxylic acids is 1. The van der Waals surface area contributed by atoms with Crippen molar-refractivity contribution in [2.75, 3.05) is 0 Å². The van der Waals surface area contributed by atoms with Gasteiger partial charge in [-0.3, -0.25) is 0 Å². The molecule has 72 valence electrons. The molecule has 1 atom stereocenters. The minimum absolute atomic E-state index is 0.146. The van der Waals surface area contributed by atoms with Crippen LogP contribution >= 0.6 is 0 Å². The predicted octanol–water partition coefficient (Wildman–Crippen LogP) is -0.575. The standard InChI is InChI=1S/C7H10N2O4/c1-7(8,6(11)12)4-3-13-9-5(4)2-10/h3,10H,2,8H2,1H3,(H,11,12). The van der Waals surface area contributed by atoms with Crippen molar-refractivity contribution in [1.29, 1.82) is 0 Å². The van der Waals surface area contributed by atoms with Crippen LogP contribution < -0.4 is 5.73 Å². The van der Waals surface area contributed by atoms with Gasteiger partial charge in [-0.05, 0) is 6.92 Å². The van der Waals surface area contributed by atoms with Gasteiger partial charge in [-0.25, -0.2) is 4.79 Å². The molecule has 0 amide bonds. The molecule has 0 aromatic carbocycles. The molecular formula is C7H10N2O4. The average molecular weight is 186 g/mol. The number of rotatable bonds is 3. The monoisotopic (exact) mass is 186 g/mol. The Morgan fingerprint density at radius 2 is 2.46 bits per heavy atom. The van der Waals surface area contributed by atoms with E-state index in [1.165, 1.54) is 6.92 Å². The lowest BCUT2D eigenvalue weighted by atomic mass is 9.94. The van der Waals surface area contributed by atoms with Gasteiger partial charge in [-0.15, -0.1) is 0 Å². The van der Waals surface area contributed by atoms with Gasteiger partial charge in [-0.1, -0.05) is 5.16 Å². The summed E-state index contributed by atoms with van der Waals surface area (Å²) in [6, 6.07) is 0. The van der Waals surface area contributed by atoms with Crippen molar-refractivity contribution in [3.63, 3.8) is 0 Å². The van der Waals surface area contributed by atoms with Crippen LogP contribution in [0.3, 0.4) is 0 Å². The number of nitrogens with zero attached hydrogens (tertiary/aromatic N) is 1. The quantitative estimate of drug-likeness (QED) is 0.582. The summed E-state index contributed by atoms with van der Waals surface area (Å²) in [5.74, 6) is -1.20. The molecule has 6 heteroatoms. The highest BCUT2D eigenvalue weighted by atomic mass is 16.5. The number of aromatic nitrogens is 1. The molecule has 1 aromatic rings. The van der Waals surface area contributed by atoms with Crippen LogP contribution in [0.4, 0.5) is 0 Å². The molecule has 0 aliphatic carbocycles. The van der Waals surface area contributed by atoms with E-state index in [1.807, 2.05) is 0 Å². The van der Waals surface area contributed by atoms with Gasteiger partial charge >= 0.3 is 5.97 Å². The van der Waals surface area contributed by atoms with Crippen LogP contribution in [-0.4, -0.2) is 21.3 Å². The van der Waals surface area contributed by atoms with Crippen LogP contribution in [0.15, 0.2) is 10.8 Å². The second-order valence-corrected chi connectivity index (χ2v) is 2.84. The van der Waals surface area contributed by atoms with E-state index in [-0.39, 0.29) is 11.3 Å². The minimum Gasteiger partial charge on any atom is -0.480 e. The SMILES string of the molecule is CC(N)(C(=O)O)c1conc1CO. The van der Waals surface area contributed by atoms with Crippen molar-refractivity contribution in [3.05, 3.63) is 17.5 Å². The highest BCUT2D eigenvalue weighted by Crippen LogP contribution is 2.21. The van der Waals surface area contributed by atoms with Crippen molar-refractivity contribution in [1.82, 2.24) is 5.16 Å². The van der Waals surface area contributed by atoms with Gasteiger partial charge in [0, 0.05) is 5.56 Å². The van der Waals surface area contributed by atoms with Gasteiger partial charge in [0.1, 0.15) is 17.5 Å². The fourth-order valence-corrected chi connectivity index (χ4v) is 0.911. The van der Waals surface area contributed by atoms with Gasteiger partial charge in [0.05, 0.1) is 6.61 Å². The molecule has 0 saturated carbocycles. The Morgan fingerprint density at radius 1 is 1.85 bits per heavy atom. The molecule has 4 N–H and O–H groups in total. The van der Waals surface area contributed by atoms with Crippen LogP contribution in [0.1, 0.15) is 18.2 Å². The van der Waals surface area contributed by atoms with E-state index in [1.54, 1.807) is 0 Å². The maximum absolute atomic E-state index is 10.7. The molecule has 13 heavy (non-hydrogen) atoms. The van der Waals surface area contributed by atoms with Crippen LogP contribution in [0.25, 0.3) is 0 Å². The van der Waals surface area contributed by atoms with Crippen molar-refractivity contribution >= 4 is 5.97 Å². The molecule has 0 bridgehead atoms. The predicted molar refractivity (Wildman–Crippen MR) is 41.6 cm³/mol. The smallest absolute Gasteiger partial charge is 0.328 e. The van der Waals surface area contributed by atoms with Crippen LogP contribution in [-0.2, 0) is 16.9 Å². The summed E-state index contributed by atoms with van der Waals surface area (Å²) in [6.07, 6.45) is 1.12. The maximum Gasteiger partial charge on any atom is 0.328 e. The highest BCUT2D eigenvalue weighted by molar-refractivity contribution is 5.80. The molecule has 1 rings (SSSR count). The number of aliphatic hydroxyl groups is 1. The summed E-state index contributed by atoms with van der Waals surface area (Å²) in [5, 5.41) is 21.0. The van der Waals surface area contributed by atoms with Gasteiger partial charge < -0.3 is 20.5 Å². The summed E-state index contributed by atoms with van der Waals surface area (Å²) < 4.78 is 4.52. The van der Waals surface area contributed by atoms with Crippen molar-refractivity contribution < 1.29 is 19.5 Å². The minimum atomic E-state index is -1.59. The summed E-state index contributed by atoms with van der Waals surface area (Å²) in [5.41, 5.74) is 4.23. The second-order valence-electron chi connectivity index (χ2n) is 2.84. The normalized spacial score (nSPS) is 15.3. The molecule has 0 radical (unpaired) electrons. The number of carboxylic acid groups (broad SMARTS) is 1. The molecule has 0 aliphatic heterocycles. The van der Waals surface area contributed by atoms with E-state index in [9.17, 15) is 4.79 Å². The van der Waals surface area contributed by atoms with E-state index in [4.69, 9.17) is 15.9 Å². The van der Waals surface area contributed by atoms with Crippen molar-refractivity contribution in [2.24, 2.45) is 5.73 Å². The van der Waals surface area contributed by atoms with Crippen molar-refractivity contribution in [2.45, 2.75) is 19.1 Å². The van der Waals surface area contributed by atoms with E-state index in [0.717, 1.165) is 6.26 Å². The molecule has 1 unspecified atom stereocenters. The van der Waals surface area contributed by atoms with Crippen LogP contribution in [0.5, 0.6) is 0 Å². The van der Waals surface area contributed by atoms with E-state index < -0.39 is 18.1 Å². The van der Waals surface area contributed by atoms with E-state index in [0.29, 0.717) is 0 Å². The third-order valence-corrected chi connectivity index (χ3v) is 1.80. The van der Waals surface area contributed by atoms with Crippen LogP contribution in [0, 0.1) is 0 Å². The van der Waals surface area contributed by atoms with Gasteiger partial charge in [0.2, 0.25) is 0 Å². The third-order valence-electron chi connectivity index (χ3n) is 1.80. The molecule has 6 nitrogen and oxygen atoms in total. The summed E-state index contributed by atoms with van der Waals surface area (Å²) in [7, 11) is 0. The summed E-state index contributed by atoms with van der Waals surface area (Å²) in [6.45, 7) is 0.910. The first kappa shape index (κ1) is 9.69. The summed E-state index contributed by atoms with van der Waals surface area (Å²) >= 11 is 0. The maximum atomic E-state index is 10.7. The Kier molecular flexibility index (Phi) is 2.35. The van der Waals surface area contributed by atoms with Gasteiger partial charge in [0.25, 0.3) is 0 Å². The lowest BCUT2D eigenvalue weighted by molar-refractivity contribution is -0.143. The Bertz CT molecular complexity index is 318. The number of carbonyl (C=O) groups is 1. The molecule has 0 fully saturated rings. The molecular weight excluding hydrogens is 176 g/mol. The third kappa shape index (κ3) is 1.53. The molecule has 0 spiro atoms. The van der Waals surface area contributed by atoms with Crippen molar-refractivity contribution in [3.8, 4) is 0 Å². The Balaban J connectivity index is 3.13. The molecule has 1 aromatic heterocycles.